The minimum atomic E-state index is -0.846. The molecule has 0 saturated heterocycles. The number of nitrogens with zero attached hydrogens (tertiary/aromatic N) is 1. The topological polar surface area (TPSA) is 60.7 Å². The number of ether oxygens (including phenoxy) is 2. The van der Waals surface area contributed by atoms with Gasteiger partial charge in [-0.25, -0.2) is 4.79 Å². The van der Waals surface area contributed by atoms with Crippen molar-refractivity contribution in [3.63, 3.8) is 0 Å². The lowest BCUT2D eigenvalue weighted by Crippen LogP contribution is -2.17. The zero-order valence-electron chi connectivity index (χ0n) is 11.2. The Morgan fingerprint density at radius 2 is 2.11 bits per heavy atom. The number of fused-ring (bicyclic) bond motifs is 1. The average molecular weight is 263 g/mol. The maximum Gasteiger partial charge on any atom is 0.326 e. The lowest BCUT2D eigenvalue weighted by atomic mass is 10.2. The molecule has 2 aromatic rings. The molecule has 0 saturated carbocycles. The molecule has 1 heterocycles. The fraction of sp³-hybridized carbons (Fsp3) is 0.357. The molecule has 5 heteroatoms. The summed E-state index contributed by atoms with van der Waals surface area (Å²) in [6.45, 7) is 1.85. The van der Waals surface area contributed by atoms with Crippen LogP contribution in [0.4, 0.5) is 0 Å². The third kappa shape index (κ3) is 2.23. The van der Waals surface area contributed by atoms with Gasteiger partial charge in [-0.05, 0) is 12.5 Å². The highest BCUT2D eigenvalue weighted by Gasteiger charge is 2.20. The molecular formula is C14H17NO4. The zero-order valence-corrected chi connectivity index (χ0v) is 11.2. The van der Waals surface area contributed by atoms with Crippen molar-refractivity contribution >= 4 is 16.9 Å². The molecule has 0 amide bonds. The van der Waals surface area contributed by atoms with E-state index in [1.807, 2.05) is 19.1 Å². The summed E-state index contributed by atoms with van der Waals surface area (Å²) in [6.07, 6.45) is 2.29. The van der Waals surface area contributed by atoms with Gasteiger partial charge in [-0.15, -0.1) is 0 Å². The van der Waals surface area contributed by atoms with Gasteiger partial charge < -0.3 is 19.1 Å². The summed E-state index contributed by atoms with van der Waals surface area (Å²) in [4.78, 5) is 11.3. The van der Waals surface area contributed by atoms with Crippen LogP contribution in [0.15, 0.2) is 24.4 Å². The van der Waals surface area contributed by atoms with E-state index >= 15 is 0 Å². The lowest BCUT2D eigenvalue weighted by Gasteiger charge is -2.14. The van der Waals surface area contributed by atoms with Gasteiger partial charge in [0.1, 0.15) is 17.5 Å². The summed E-state index contributed by atoms with van der Waals surface area (Å²) >= 11 is 0. The highest BCUT2D eigenvalue weighted by Crippen LogP contribution is 2.33. The van der Waals surface area contributed by atoms with Crippen molar-refractivity contribution in [3.05, 3.63) is 24.4 Å². The van der Waals surface area contributed by atoms with Crippen molar-refractivity contribution in [2.75, 3.05) is 14.2 Å². The van der Waals surface area contributed by atoms with E-state index in [0.29, 0.717) is 17.9 Å². The fourth-order valence-electron chi connectivity index (χ4n) is 2.25. The molecule has 2 rings (SSSR count). The predicted molar refractivity (Wildman–Crippen MR) is 72.0 cm³/mol. The number of carboxylic acid groups (broad SMARTS) is 1. The smallest absolute Gasteiger partial charge is 0.326 e. The summed E-state index contributed by atoms with van der Waals surface area (Å²) in [7, 11) is 3.16. The summed E-state index contributed by atoms with van der Waals surface area (Å²) in [5.74, 6) is 0.472. The number of carbonyl (C=O) groups is 1. The van der Waals surface area contributed by atoms with E-state index in [1.54, 1.807) is 31.0 Å². The molecule has 0 aliphatic heterocycles. The summed E-state index contributed by atoms with van der Waals surface area (Å²) < 4.78 is 12.3. The minimum Gasteiger partial charge on any atom is -0.497 e. The molecule has 5 nitrogen and oxygen atoms in total. The third-order valence-electron chi connectivity index (χ3n) is 3.24. The van der Waals surface area contributed by atoms with E-state index in [1.165, 1.54) is 0 Å². The van der Waals surface area contributed by atoms with Crippen LogP contribution in [-0.2, 0) is 4.79 Å². The van der Waals surface area contributed by atoms with Gasteiger partial charge in [0, 0.05) is 23.7 Å². The number of benzene rings is 1. The van der Waals surface area contributed by atoms with Crippen molar-refractivity contribution in [1.82, 2.24) is 4.57 Å². The van der Waals surface area contributed by atoms with E-state index in [4.69, 9.17) is 9.47 Å². The van der Waals surface area contributed by atoms with Crippen LogP contribution in [-0.4, -0.2) is 29.9 Å². The van der Waals surface area contributed by atoms with Crippen molar-refractivity contribution in [2.45, 2.75) is 19.4 Å². The van der Waals surface area contributed by atoms with Crippen molar-refractivity contribution < 1.29 is 19.4 Å². The van der Waals surface area contributed by atoms with Crippen molar-refractivity contribution in [3.8, 4) is 11.5 Å². The maximum atomic E-state index is 11.3. The van der Waals surface area contributed by atoms with Gasteiger partial charge in [0.05, 0.1) is 19.7 Å². The number of aliphatic carboxylic acids is 1. The molecular weight excluding hydrogens is 246 g/mol. The molecule has 1 unspecified atom stereocenters. The maximum absolute atomic E-state index is 11.3. The molecule has 1 N–H and O–H groups in total. The largest absolute Gasteiger partial charge is 0.497 e. The Hall–Kier alpha value is -2.17. The van der Waals surface area contributed by atoms with Gasteiger partial charge >= 0.3 is 5.97 Å². The van der Waals surface area contributed by atoms with Gasteiger partial charge in [-0.1, -0.05) is 6.92 Å². The third-order valence-corrected chi connectivity index (χ3v) is 3.24. The Bertz CT molecular complexity index is 603. The number of methoxy groups -OCH3 is 2. The minimum absolute atomic E-state index is 0.513. The van der Waals surface area contributed by atoms with Gasteiger partial charge in [0.25, 0.3) is 0 Å². The van der Waals surface area contributed by atoms with Crippen LogP contribution in [0.3, 0.4) is 0 Å². The zero-order chi connectivity index (χ0) is 14.0. The number of hydrogen-bond donors (Lipinski definition) is 1. The van der Waals surface area contributed by atoms with E-state index in [9.17, 15) is 9.90 Å². The van der Waals surface area contributed by atoms with Gasteiger partial charge in [-0.2, -0.15) is 0 Å². The second-order valence-corrected chi connectivity index (χ2v) is 4.25. The Labute approximate surface area is 111 Å². The van der Waals surface area contributed by atoms with Gasteiger partial charge in [0.15, 0.2) is 0 Å². The SMILES string of the molecule is CCC(C(=O)O)n1ccc2c(OC)cc(OC)cc21. The van der Waals surface area contributed by atoms with E-state index in [-0.39, 0.29) is 0 Å². The van der Waals surface area contributed by atoms with Crippen LogP contribution in [0.25, 0.3) is 10.9 Å². The fourth-order valence-corrected chi connectivity index (χ4v) is 2.25. The quantitative estimate of drug-likeness (QED) is 0.901. The molecule has 0 radical (unpaired) electrons. The van der Waals surface area contributed by atoms with Gasteiger partial charge in [0.2, 0.25) is 0 Å². The Morgan fingerprint density at radius 1 is 1.37 bits per heavy atom. The lowest BCUT2D eigenvalue weighted by molar-refractivity contribution is -0.140. The Balaban J connectivity index is 2.67. The first-order valence-corrected chi connectivity index (χ1v) is 6.07. The normalized spacial score (nSPS) is 12.4. The summed E-state index contributed by atoms with van der Waals surface area (Å²) in [5, 5.41) is 10.2. The first-order valence-electron chi connectivity index (χ1n) is 6.07. The van der Waals surface area contributed by atoms with Crippen LogP contribution in [0.5, 0.6) is 11.5 Å². The molecule has 0 spiro atoms. The first kappa shape index (κ1) is 13.3. The highest BCUT2D eigenvalue weighted by molar-refractivity contribution is 5.89. The van der Waals surface area contributed by atoms with Crippen molar-refractivity contribution in [1.29, 1.82) is 0 Å². The molecule has 1 atom stereocenters. The van der Waals surface area contributed by atoms with Crippen LogP contribution >= 0.6 is 0 Å². The number of hydrogen-bond acceptors (Lipinski definition) is 3. The molecule has 1 aromatic carbocycles. The first-order chi connectivity index (χ1) is 9.12. The standard InChI is InChI=1S/C14H17NO4/c1-4-11(14(16)17)15-6-5-10-12(15)7-9(18-2)8-13(10)19-3/h5-8,11H,4H2,1-3H3,(H,16,17). The molecule has 0 aliphatic rings. The van der Waals surface area contributed by atoms with E-state index in [0.717, 1.165) is 10.9 Å². The number of carboxylic acids is 1. The molecule has 1 aromatic heterocycles. The summed E-state index contributed by atoms with van der Waals surface area (Å²) in [6, 6.07) is 4.88. The molecule has 0 bridgehead atoms. The number of aromatic nitrogens is 1. The summed E-state index contributed by atoms with van der Waals surface area (Å²) in [5.41, 5.74) is 0.797. The van der Waals surface area contributed by atoms with Crippen LogP contribution in [0.2, 0.25) is 0 Å². The predicted octanol–water partition coefficient (Wildman–Crippen LogP) is 2.69. The van der Waals surface area contributed by atoms with Gasteiger partial charge in [-0.3, -0.25) is 0 Å². The highest BCUT2D eigenvalue weighted by atomic mass is 16.5. The van der Waals surface area contributed by atoms with Crippen molar-refractivity contribution in [2.24, 2.45) is 0 Å². The van der Waals surface area contributed by atoms with Crippen LogP contribution in [0, 0.1) is 0 Å². The second-order valence-electron chi connectivity index (χ2n) is 4.25. The molecule has 19 heavy (non-hydrogen) atoms. The van der Waals surface area contributed by atoms with E-state index in [2.05, 4.69) is 0 Å². The van der Waals surface area contributed by atoms with Crippen LogP contribution < -0.4 is 9.47 Å². The van der Waals surface area contributed by atoms with E-state index < -0.39 is 12.0 Å². The average Bonchev–Trinajstić information content (AvgIpc) is 2.82. The second kappa shape index (κ2) is 5.22. The molecule has 102 valence electrons. The van der Waals surface area contributed by atoms with Crippen LogP contribution in [0.1, 0.15) is 19.4 Å². The Kier molecular flexibility index (Phi) is 3.64. The monoisotopic (exact) mass is 263 g/mol. The molecule has 0 aliphatic carbocycles. The number of rotatable bonds is 5. The Morgan fingerprint density at radius 3 is 2.63 bits per heavy atom. The molecule has 0 fully saturated rings.